The fraction of sp³-hybridized carbons (Fsp3) is 0.300. The van der Waals surface area contributed by atoms with Gasteiger partial charge in [0.2, 0.25) is 10.0 Å². The molecule has 2 aromatic carbocycles. The van der Waals surface area contributed by atoms with Crippen LogP contribution >= 0.6 is 0 Å². The Kier molecular flexibility index (Phi) is 7.80. The molecule has 0 unspecified atom stereocenters. The van der Waals surface area contributed by atoms with E-state index >= 15 is 0 Å². The number of sulfonamides is 1. The van der Waals surface area contributed by atoms with Crippen molar-refractivity contribution in [2.45, 2.75) is 24.9 Å². The maximum absolute atomic E-state index is 12.6. The quantitative estimate of drug-likeness (QED) is 0.611. The van der Waals surface area contributed by atoms with Gasteiger partial charge in [0, 0.05) is 18.8 Å². The molecule has 2 aromatic rings. The van der Waals surface area contributed by atoms with E-state index in [0.717, 1.165) is 24.3 Å². The van der Waals surface area contributed by atoms with Gasteiger partial charge in [0.15, 0.2) is 6.61 Å². The number of hydrogen-bond acceptors (Lipinski definition) is 5. The molecule has 0 radical (unpaired) electrons. The maximum Gasteiger partial charge on any atom is 0.416 e. The lowest BCUT2D eigenvalue weighted by Gasteiger charge is -2.18. The van der Waals surface area contributed by atoms with E-state index in [-0.39, 0.29) is 29.2 Å². The van der Waals surface area contributed by atoms with E-state index in [1.54, 1.807) is 13.8 Å². The van der Waals surface area contributed by atoms with Gasteiger partial charge in [0.05, 0.1) is 16.0 Å². The minimum Gasteiger partial charge on any atom is -0.452 e. The summed E-state index contributed by atoms with van der Waals surface area (Å²) < 4.78 is 68.9. The van der Waals surface area contributed by atoms with Gasteiger partial charge in [-0.15, -0.1) is 0 Å². The van der Waals surface area contributed by atoms with Crippen molar-refractivity contribution in [1.29, 1.82) is 0 Å². The summed E-state index contributed by atoms with van der Waals surface area (Å²) in [6.45, 7) is 3.28. The summed E-state index contributed by atoms with van der Waals surface area (Å²) in [6.07, 6.45) is -4.53. The first-order chi connectivity index (χ1) is 14.5. The molecule has 0 spiro atoms. The first-order valence-corrected chi connectivity index (χ1v) is 10.7. The summed E-state index contributed by atoms with van der Waals surface area (Å²) in [6, 6.07) is 8.97. The van der Waals surface area contributed by atoms with Gasteiger partial charge in [-0.05, 0) is 42.5 Å². The maximum atomic E-state index is 12.6. The van der Waals surface area contributed by atoms with Crippen LogP contribution in [0.5, 0.6) is 0 Å². The Morgan fingerprint density at radius 2 is 1.65 bits per heavy atom. The zero-order chi connectivity index (χ0) is 23.2. The zero-order valence-corrected chi connectivity index (χ0v) is 17.6. The first kappa shape index (κ1) is 24.4. The molecule has 2 rings (SSSR count). The highest BCUT2D eigenvalue weighted by Crippen LogP contribution is 2.29. The highest BCUT2D eigenvalue weighted by atomic mass is 32.2. The number of halogens is 3. The molecule has 0 atom stereocenters. The van der Waals surface area contributed by atoms with Crippen molar-refractivity contribution >= 4 is 27.6 Å². The van der Waals surface area contributed by atoms with Crippen LogP contribution in [-0.2, 0) is 25.7 Å². The molecular weight excluding hydrogens is 437 g/mol. The number of amides is 1. The summed E-state index contributed by atoms with van der Waals surface area (Å²) in [7, 11) is -3.72. The van der Waals surface area contributed by atoms with Crippen molar-refractivity contribution < 1.29 is 35.9 Å². The Bertz CT molecular complexity index is 1030. The van der Waals surface area contributed by atoms with E-state index in [2.05, 4.69) is 5.32 Å². The largest absolute Gasteiger partial charge is 0.452 e. The molecule has 0 aliphatic heterocycles. The minimum atomic E-state index is -4.53. The molecule has 0 saturated heterocycles. The van der Waals surface area contributed by atoms with Crippen molar-refractivity contribution in [2.24, 2.45) is 0 Å². The lowest BCUT2D eigenvalue weighted by atomic mass is 10.1. The van der Waals surface area contributed by atoms with Gasteiger partial charge in [-0.3, -0.25) is 4.79 Å². The summed E-state index contributed by atoms with van der Waals surface area (Å²) in [5.74, 6) is -1.71. The lowest BCUT2D eigenvalue weighted by molar-refractivity contribution is -0.137. The molecule has 0 aromatic heterocycles. The first-order valence-electron chi connectivity index (χ1n) is 9.23. The Morgan fingerprint density at radius 3 is 2.19 bits per heavy atom. The number of esters is 1. The van der Waals surface area contributed by atoms with Crippen molar-refractivity contribution in [2.75, 3.05) is 25.0 Å². The van der Waals surface area contributed by atoms with Gasteiger partial charge in [-0.1, -0.05) is 19.9 Å². The molecule has 7 nitrogen and oxygen atoms in total. The number of nitrogens with zero attached hydrogens (tertiary/aromatic N) is 1. The monoisotopic (exact) mass is 458 g/mol. The highest BCUT2D eigenvalue weighted by molar-refractivity contribution is 7.89. The summed E-state index contributed by atoms with van der Waals surface area (Å²) in [5, 5.41) is 2.42. The number of nitrogens with one attached hydrogen (secondary N) is 1. The Morgan fingerprint density at radius 1 is 1.03 bits per heavy atom. The SMILES string of the molecule is CCN(CC)S(=O)(=O)c1cccc(NC(=O)COC(=O)c2ccc(C(F)(F)F)cc2)c1. The van der Waals surface area contributed by atoms with E-state index < -0.39 is 40.2 Å². The number of alkyl halides is 3. The Balaban J connectivity index is 2.00. The van der Waals surface area contributed by atoms with Crippen molar-refractivity contribution in [1.82, 2.24) is 4.31 Å². The molecule has 11 heteroatoms. The molecular formula is C20H21F3N2O5S. The van der Waals surface area contributed by atoms with E-state index in [1.165, 1.54) is 28.6 Å². The Hall–Kier alpha value is -2.92. The lowest BCUT2D eigenvalue weighted by Crippen LogP contribution is -2.30. The van der Waals surface area contributed by atoms with E-state index in [1.807, 2.05) is 0 Å². The van der Waals surface area contributed by atoms with Gasteiger partial charge < -0.3 is 10.1 Å². The smallest absolute Gasteiger partial charge is 0.416 e. The number of anilines is 1. The highest BCUT2D eigenvalue weighted by Gasteiger charge is 2.30. The van der Waals surface area contributed by atoms with Crippen molar-refractivity contribution in [3.05, 3.63) is 59.7 Å². The van der Waals surface area contributed by atoms with Crippen LogP contribution in [0.3, 0.4) is 0 Å². The number of benzene rings is 2. The molecule has 31 heavy (non-hydrogen) atoms. The number of carbonyl (C=O) groups excluding carboxylic acids is 2. The molecule has 0 fully saturated rings. The molecule has 0 aliphatic rings. The average Bonchev–Trinajstić information content (AvgIpc) is 2.72. The molecule has 1 N–H and O–H groups in total. The molecule has 168 valence electrons. The van der Waals surface area contributed by atoms with E-state index in [0.29, 0.717) is 0 Å². The van der Waals surface area contributed by atoms with Crippen LogP contribution in [0.1, 0.15) is 29.8 Å². The fourth-order valence-corrected chi connectivity index (χ4v) is 4.16. The minimum absolute atomic E-state index is 0.00394. The summed E-state index contributed by atoms with van der Waals surface area (Å²) in [5.41, 5.74) is -0.877. The number of rotatable bonds is 8. The van der Waals surface area contributed by atoms with Crippen LogP contribution in [0, 0.1) is 0 Å². The topological polar surface area (TPSA) is 92.8 Å². The van der Waals surface area contributed by atoms with E-state index in [4.69, 9.17) is 4.74 Å². The predicted molar refractivity (Wildman–Crippen MR) is 107 cm³/mol. The predicted octanol–water partition coefficient (Wildman–Crippen LogP) is 3.53. The van der Waals surface area contributed by atoms with Gasteiger partial charge in [-0.25, -0.2) is 13.2 Å². The van der Waals surface area contributed by atoms with Crippen molar-refractivity contribution in [3.63, 3.8) is 0 Å². The van der Waals surface area contributed by atoms with Gasteiger partial charge in [-0.2, -0.15) is 17.5 Å². The normalized spacial score (nSPS) is 11.9. The third-order valence-electron chi connectivity index (χ3n) is 4.24. The van der Waals surface area contributed by atoms with Crippen LogP contribution in [0.4, 0.5) is 18.9 Å². The van der Waals surface area contributed by atoms with Crippen LogP contribution in [0.15, 0.2) is 53.4 Å². The number of ether oxygens (including phenoxy) is 1. The van der Waals surface area contributed by atoms with Gasteiger partial charge >= 0.3 is 12.1 Å². The third-order valence-corrected chi connectivity index (χ3v) is 6.29. The fourth-order valence-electron chi connectivity index (χ4n) is 2.65. The second-order valence-electron chi connectivity index (χ2n) is 6.32. The van der Waals surface area contributed by atoms with Gasteiger partial charge in [0.1, 0.15) is 0 Å². The second kappa shape index (κ2) is 9.92. The number of carbonyl (C=O) groups is 2. The second-order valence-corrected chi connectivity index (χ2v) is 8.25. The van der Waals surface area contributed by atoms with Crippen molar-refractivity contribution in [3.8, 4) is 0 Å². The number of hydrogen-bond donors (Lipinski definition) is 1. The molecule has 0 saturated carbocycles. The molecule has 1 amide bonds. The van der Waals surface area contributed by atoms with Crippen LogP contribution in [0.2, 0.25) is 0 Å². The molecule has 0 bridgehead atoms. The zero-order valence-electron chi connectivity index (χ0n) is 16.8. The Labute approximate surface area is 177 Å². The van der Waals surface area contributed by atoms with Crippen LogP contribution in [-0.4, -0.2) is 44.3 Å². The summed E-state index contributed by atoms with van der Waals surface area (Å²) in [4.78, 5) is 24.0. The third kappa shape index (κ3) is 6.28. The van der Waals surface area contributed by atoms with Gasteiger partial charge in [0.25, 0.3) is 5.91 Å². The standard InChI is InChI=1S/C20H21F3N2O5S/c1-3-25(4-2)31(28,29)17-7-5-6-16(12-17)24-18(26)13-30-19(27)14-8-10-15(11-9-14)20(21,22)23/h5-12H,3-4,13H2,1-2H3,(H,24,26). The van der Waals surface area contributed by atoms with Crippen LogP contribution in [0.25, 0.3) is 0 Å². The van der Waals surface area contributed by atoms with E-state index in [9.17, 15) is 31.2 Å². The molecule has 0 aliphatic carbocycles. The summed E-state index contributed by atoms with van der Waals surface area (Å²) >= 11 is 0. The average molecular weight is 458 g/mol. The van der Waals surface area contributed by atoms with Crippen LogP contribution < -0.4 is 5.32 Å². The molecule has 0 heterocycles.